The van der Waals surface area contributed by atoms with Crippen LogP contribution < -0.4 is 0 Å². The molecule has 0 aromatic rings. The Bertz CT molecular complexity index is 210. The van der Waals surface area contributed by atoms with E-state index in [9.17, 15) is 8.42 Å². The molecule has 66 valence electrons. The van der Waals surface area contributed by atoms with Crippen molar-refractivity contribution >= 4 is 9.84 Å². The highest BCUT2D eigenvalue weighted by Gasteiger charge is 2.22. The van der Waals surface area contributed by atoms with Crippen LogP contribution in [0.1, 0.15) is 0 Å². The van der Waals surface area contributed by atoms with Gasteiger partial charge in [-0.25, -0.2) is 8.42 Å². The lowest BCUT2D eigenvalue weighted by molar-refractivity contribution is 0.134. The van der Waals surface area contributed by atoms with Gasteiger partial charge in [-0.05, 0) is 5.92 Å². The van der Waals surface area contributed by atoms with Gasteiger partial charge >= 0.3 is 0 Å². The third-order valence-corrected chi connectivity index (χ3v) is 3.05. The van der Waals surface area contributed by atoms with E-state index < -0.39 is 9.84 Å². The summed E-state index contributed by atoms with van der Waals surface area (Å²) in [5, 5.41) is 3.88. The molecule has 1 aliphatic heterocycles. The maximum absolute atomic E-state index is 11.0. The fourth-order valence-electron chi connectivity index (χ4n) is 1.16. The van der Waals surface area contributed by atoms with Gasteiger partial charge < -0.3 is 10.1 Å². The molecule has 1 atom stereocenters. The molecule has 11 heavy (non-hydrogen) atoms. The van der Waals surface area contributed by atoms with Crippen LogP contribution in [0.3, 0.4) is 0 Å². The van der Waals surface area contributed by atoms with Crippen molar-refractivity contribution in [2.24, 2.45) is 5.92 Å². The predicted molar refractivity (Wildman–Crippen MR) is 42.2 cm³/mol. The molecule has 1 heterocycles. The number of nitrogens with zero attached hydrogens (tertiary/aromatic N) is 1. The normalized spacial score (nSPS) is 30.1. The van der Waals surface area contributed by atoms with E-state index in [0.29, 0.717) is 13.2 Å². The van der Waals surface area contributed by atoms with Gasteiger partial charge in [0.25, 0.3) is 0 Å². The van der Waals surface area contributed by atoms with E-state index in [1.165, 1.54) is 0 Å². The highest BCUT2D eigenvalue weighted by atomic mass is 32.2. The average Bonchev–Trinajstić information content (AvgIpc) is 1.85. The third-order valence-electron chi connectivity index (χ3n) is 1.55. The lowest BCUT2D eigenvalue weighted by Gasteiger charge is -2.26. The van der Waals surface area contributed by atoms with Crippen LogP contribution >= 0.6 is 0 Å². The van der Waals surface area contributed by atoms with Crippen LogP contribution in [0.4, 0.5) is 0 Å². The van der Waals surface area contributed by atoms with Gasteiger partial charge in [0.2, 0.25) is 0 Å². The summed E-state index contributed by atoms with van der Waals surface area (Å²) < 4.78 is 26.8. The van der Waals surface area contributed by atoms with E-state index in [-0.39, 0.29) is 17.6 Å². The fraction of sp³-hybridized carbons (Fsp3) is 1.00. The van der Waals surface area contributed by atoms with Gasteiger partial charge in [-0.2, -0.15) is 7.05 Å². The molecule has 0 aromatic carbocycles. The molecule has 0 amide bonds. The van der Waals surface area contributed by atoms with Crippen molar-refractivity contribution in [3.63, 3.8) is 0 Å². The molecule has 1 saturated heterocycles. The van der Waals surface area contributed by atoms with E-state index in [4.69, 9.17) is 4.74 Å². The lowest BCUT2D eigenvalue weighted by atomic mass is 10.2. The maximum Gasteiger partial charge on any atom is 0.174 e. The first-order valence-electron chi connectivity index (χ1n) is 3.48. The van der Waals surface area contributed by atoms with Gasteiger partial charge in [-0.3, -0.25) is 0 Å². The largest absolute Gasteiger partial charge is 0.665 e. The van der Waals surface area contributed by atoms with Crippen molar-refractivity contribution < 1.29 is 13.2 Å². The molecule has 1 aliphatic rings. The second-order valence-corrected chi connectivity index (χ2v) is 4.82. The minimum Gasteiger partial charge on any atom is -0.665 e. The minimum atomic E-state index is -2.94. The van der Waals surface area contributed by atoms with Gasteiger partial charge in [0, 0.05) is 0 Å². The molecular formula is C6H12NO3S-. The smallest absolute Gasteiger partial charge is 0.174 e. The van der Waals surface area contributed by atoms with Gasteiger partial charge in [0.15, 0.2) is 9.84 Å². The standard InChI is InChI=1S/C6H12NO3S/c1-7-2-6-3-10-5-11(8,9)4-6/h6H,2-5H2,1H3/q-1. The summed E-state index contributed by atoms with van der Waals surface area (Å²) in [4.78, 5) is 0. The third kappa shape index (κ3) is 2.76. The Hall–Kier alpha value is -0.130. The minimum absolute atomic E-state index is 0.0683. The highest BCUT2D eigenvalue weighted by molar-refractivity contribution is 7.91. The first-order chi connectivity index (χ1) is 5.14. The Morgan fingerprint density at radius 3 is 2.91 bits per heavy atom. The topological polar surface area (TPSA) is 57.5 Å². The van der Waals surface area contributed by atoms with Gasteiger partial charge in [-0.15, -0.1) is 6.54 Å². The lowest BCUT2D eigenvalue weighted by Crippen LogP contribution is -2.32. The molecule has 0 saturated carbocycles. The van der Waals surface area contributed by atoms with Crippen molar-refractivity contribution in [2.45, 2.75) is 0 Å². The molecule has 0 spiro atoms. The quantitative estimate of drug-likeness (QED) is 0.598. The molecule has 0 aromatic heterocycles. The number of ether oxygens (including phenoxy) is 1. The van der Waals surface area contributed by atoms with Crippen molar-refractivity contribution in [2.75, 3.05) is 31.9 Å². The SMILES string of the molecule is C[N-]CC1COCS(=O)(=O)C1. The summed E-state index contributed by atoms with van der Waals surface area (Å²) in [5.41, 5.74) is 0. The fourth-order valence-corrected chi connectivity index (χ4v) is 2.53. The molecule has 5 heteroatoms. The van der Waals surface area contributed by atoms with Crippen molar-refractivity contribution in [3.05, 3.63) is 5.32 Å². The van der Waals surface area contributed by atoms with Crippen LogP contribution in [0.15, 0.2) is 0 Å². The highest BCUT2D eigenvalue weighted by Crippen LogP contribution is 2.12. The zero-order valence-electron chi connectivity index (χ0n) is 6.49. The molecule has 1 rings (SSSR count). The monoisotopic (exact) mass is 178 g/mol. The van der Waals surface area contributed by atoms with Gasteiger partial charge in [0.05, 0.1) is 12.4 Å². The van der Waals surface area contributed by atoms with Gasteiger partial charge in [-0.1, -0.05) is 0 Å². The van der Waals surface area contributed by atoms with E-state index >= 15 is 0 Å². The number of sulfone groups is 1. The summed E-state index contributed by atoms with van der Waals surface area (Å²) in [6.07, 6.45) is 0. The Balaban J connectivity index is 2.47. The Labute approximate surface area is 66.8 Å². The summed E-state index contributed by atoms with van der Waals surface area (Å²) >= 11 is 0. The maximum atomic E-state index is 11.0. The van der Waals surface area contributed by atoms with Crippen LogP contribution in [0.2, 0.25) is 0 Å². The van der Waals surface area contributed by atoms with Crippen molar-refractivity contribution in [1.82, 2.24) is 0 Å². The second kappa shape index (κ2) is 3.51. The van der Waals surface area contributed by atoms with Crippen LogP contribution in [-0.4, -0.2) is 40.3 Å². The average molecular weight is 178 g/mol. The van der Waals surface area contributed by atoms with Crippen LogP contribution in [0, 0.1) is 5.92 Å². The van der Waals surface area contributed by atoms with Crippen LogP contribution in [0.25, 0.3) is 5.32 Å². The first kappa shape index (κ1) is 8.96. The second-order valence-electron chi connectivity index (χ2n) is 2.76. The van der Waals surface area contributed by atoms with E-state index in [1.807, 2.05) is 0 Å². The molecule has 0 bridgehead atoms. The zero-order chi connectivity index (χ0) is 8.32. The molecule has 0 radical (unpaired) electrons. The number of rotatable bonds is 2. The predicted octanol–water partition coefficient (Wildman–Crippen LogP) is 0.00860. The van der Waals surface area contributed by atoms with E-state index in [0.717, 1.165) is 0 Å². The summed E-state index contributed by atoms with van der Waals surface area (Å²) in [6, 6.07) is 0. The Morgan fingerprint density at radius 1 is 1.64 bits per heavy atom. The zero-order valence-corrected chi connectivity index (χ0v) is 7.30. The molecule has 4 nitrogen and oxygen atoms in total. The number of hydrogen-bond donors (Lipinski definition) is 0. The molecule has 0 aliphatic carbocycles. The first-order valence-corrected chi connectivity index (χ1v) is 5.30. The van der Waals surface area contributed by atoms with Crippen molar-refractivity contribution in [1.29, 1.82) is 0 Å². The number of hydrogen-bond acceptors (Lipinski definition) is 3. The molecule has 0 N–H and O–H groups in total. The Kier molecular flexibility index (Phi) is 2.86. The van der Waals surface area contributed by atoms with Gasteiger partial charge in [0.1, 0.15) is 5.94 Å². The molecular weight excluding hydrogens is 166 g/mol. The van der Waals surface area contributed by atoms with Crippen LogP contribution in [0.5, 0.6) is 0 Å². The summed E-state index contributed by atoms with van der Waals surface area (Å²) in [6.45, 7) is 1.11. The summed E-state index contributed by atoms with van der Waals surface area (Å²) in [7, 11) is -1.25. The molecule has 1 fully saturated rings. The molecule has 1 unspecified atom stereocenters. The van der Waals surface area contributed by atoms with E-state index in [1.54, 1.807) is 7.05 Å². The Morgan fingerprint density at radius 2 is 2.36 bits per heavy atom. The van der Waals surface area contributed by atoms with Crippen molar-refractivity contribution in [3.8, 4) is 0 Å². The summed E-state index contributed by atoms with van der Waals surface area (Å²) in [5.74, 6) is 0.177. The van der Waals surface area contributed by atoms with Crippen LogP contribution in [-0.2, 0) is 14.6 Å². The van der Waals surface area contributed by atoms with E-state index in [2.05, 4.69) is 5.32 Å².